The van der Waals surface area contributed by atoms with Crippen LogP contribution in [-0.4, -0.2) is 39.6 Å². The van der Waals surface area contributed by atoms with Gasteiger partial charge in [0, 0.05) is 36.6 Å². The first-order valence-corrected chi connectivity index (χ1v) is 7.39. The molecule has 7 nitrogen and oxygen atoms in total. The largest absolute Gasteiger partial charge is 0.493 e. The monoisotopic (exact) mass is 306 g/mol. The number of fused-ring (bicyclic) bond motifs is 1. The van der Waals surface area contributed by atoms with E-state index in [0.717, 1.165) is 6.42 Å². The number of nitro benzene ring substituents is 1. The van der Waals surface area contributed by atoms with Crippen molar-refractivity contribution in [1.29, 1.82) is 0 Å². The second-order valence-electron chi connectivity index (χ2n) is 5.82. The van der Waals surface area contributed by atoms with Gasteiger partial charge in [-0.05, 0) is 19.4 Å². The van der Waals surface area contributed by atoms with Gasteiger partial charge in [-0.3, -0.25) is 14.9 Å². The Hall–Kier alpha value is -2.15. The lowest BCUT2D eigenvalue weighted by Gasteiger charge is -2.34. The number of non-ortho nitro benzene ring substituents is 1. The third-order valence-electron chi connectivity index (χ3n) is 4.40. The maximum Gasteiger partial charge on any atom is 0.270 e. The topological polar surface area (TPSA) is 92.9 Å². The van der Waals surface area contributed by atoms with Gasteiger partial charge in [-0.15, -0.1) is 0 Å². The Balaban J connectivity index is 2.10. The maximum absolute atomic E-state index is 12.2. The van der Waals surface area contributed by atoms with Crippen LogP contribution in [0.1, 0.15) is 37.8 Å². The van der Waals surface area contributed by atoms with Crippen molar-refractivity contribution in [2.75, 3.05) is 6.61 Å². The van der Waals surface area contributed by atoms with Crippen LogP contribution >= 0.6 is 0 Å². The average Bonchev–Trinajstić information content (AvgIpc) is 2.71. The van der Waals surface area contributed by atoms with E-state index in [1.807, 2.05) is 6.92 Å². The van der Waals surface area contributed by atoms with Crippen molar-refractivity contribution in [3.8, 4) is 5.75 Å². The van der Waals surface area contributed by atoms with Gasteiger partial charge in [-0.2, -0.15) is 0 Å². The first-order valence-electron chi connectivity index (χ1n) is 7.39. The second-order valence-corrected chi connectivity index (χ2v) is 5.82. The Bertz CT molecular complexity index is 618. The maximum atomic E-state index is 12.2. The number of likely N-dealkylation sites (tertiary alicyclic amines) is 1. The van der Waals surface area contributed by atoms with E-state index in [1.165, 1.54) is 12.1 Å². The van der Waals surface area contributed by atoms with Crippen LogP contribution in [0.4, 0.5) is 5.69 Å². The third-order valence-corrected chi connectivity index (χ3v) is 4.40. The van der Waals surface area contributed by atoms with E-state index >= 15 is 0 Å². The summed E-state index contributed by atoms with van der Waals surface area (Å²) in [4.78, 5) is 24.4. The number of nitrogens with zero attached hydrogens (tertiary/aromatic N) is 2. The van der Waals surface area contributed by atoms with Crippen LogP contribution in [0, 0.1) is 10.1 Å². The normalized spacial score (nSPS) is 28.0. The summed E-state index contributed by atoms with van der Waals surface area (Å²) in [6.45, 7) is 2.25. The zero-order valence-electron chi connectivity index (χ0n) is 12.3. The van der Waals surface area contributed by atoms with Gasteiger partial charge >= 0.3 is 0 Å². The van der Waals surface area contributed by atoms with Crippen molar-refractivity contribution in [2.24, 2.45) is 0 Å². The predicted octanol–water partition coefficient (Wildman–Crippen LogP) is 1.79. The standard InChI is InChI=1S/C15H18N2O5/c1-9-2-5-14(19)16(9)15-11-8-10(17(20)21)3-4-13(11)22-7-6-12(15)18/h3-4,8-9,12,15,18H,2,5-7H2,1H3. The zero-order valence-corrected chi connectivity index (χ0v) is 12.3. The molecule has 2 heterocycles. The summed E-state index contributed by atoms with van der Waals surface area (Å²) in [5.41, 5.74) is 0.446. The summed E-state index contributed by atoms with van der Waals surface area (Å²) >= 11 is 0. The molecule has 3 rings (SSSR count). The number of hydrogen-bond donors (Lipinski definition) is 1. The SMILES string of the molecule is CC1CCC(=O)N1C1c2cc([N+](=O)[O-])ccc2OCCC1O. The van der Waals surface area contributed by atoms with Crippen molar-refractivity contribution in [2.45, 2.75) is 44.4 Å². The Morgan fingerprint density at radius 1 is 1.41 bits per heavy atom. The van der Waals surface area contributed by atoms with Crippen molar-refractivity contribution >= 4 is 11.6 Å². The number of amides is 1. The zero-order chi connectivity index (χ0) is 15.9. The number of carbonyl (C=O) groups is 1. The molecule has 0 spiro atoms. The van der Waals surface area contributed by atoms with Crippen LogP contribution in [0.3, 0.4) is 0 Å². The Morgan fingerprint density at radius 3 is 2.82 bits per heavy atom. The summed E-state index contributed by atoms with van der Waals surface area (Å²) in [5, 5.41) is 21.5. The Labute approximate surface area is 127 Å². The summed E-state index contributed by atoms with van der Waals surface area (Å²) in [6.07, 6.45) is 0.750. The molecule has 0 bridgehead atoms. The number of hydrogen-bond acceptors (Lipinski definition) is 5. The molecule has 0 radical (unpaired) electrons. The van der Waals surface area contributed by atoms with E-state index in [4.69, 9.17) is 4.74 Å². The summed E-state index contributed by atoms with van der Waals surface area (Å²) < 4.78 is 5.59. The highest BCUT2D eigenvalue weighted by Crippen LogP contribution is 2.41. The molecule has 118 valence electrons. The lowest BCUT2D eigenvalue weighted by molar-refractivity contribution is -0.385. The van der Waals surface area contributed by atoms with Gasteiger partial charge < -0.3 is 14.7 Å². The van der Waals surface area contributed by atoms with Gasteiger partial charge in [-0.1, -0.05) is 0 Å². The van der Waals surface area contributed by atoms with E-state index in [2.05, 4.69) is 0 Å². The lowest BCUT2D eigenvalue weighted by Crippen LogP contribution is -2.41. The van der Waals surface area contributed by atoms with E-state index in [1.54, 1.807) is 11.0 Å². The average molecular weight is 306 g/mol. The van der Waals surface area contributed by atoms with Crippen LogP contribution in [-0.2, 0) is 4.79 Å². The number of aliphatic hydroxyl groups excluding tert-OH is 1. The number of carbonyl (C=O) groups excluding carboxylic acids is 1. The van der Waals surface area contributed by atoms with E-state index in [0.29, 0.717) is 30.8 Å². The number of nitro groups is 1. The van der Waals surface area contributed by atoms with Gasteiger partial charge in [0.25, 0.3) is 5.69 Å². The smallest absolute Gasteiger partial charge is 0.270 e. The van der Waals surface area contributed by atoms with Crippen molar-refractivity contribution in [3.63, 3.8) is 0 Å². The molecule has 1 aromatic carbocycles. The highest BCUT2D eigenvalue weighted by atomic mass is 16.6. The fourth-order valence-corrected chi connectivity index (χ4v) is 3.28. The van der Waals surface area contributed by atoms with Crippen LogP contribution in [0.2, 0.25) is 0 Å². The van der Waals surface area contributed by atoms with Gasteiger partial charge in [0.1, 0.15) is 5.75 Å². The minimum absolute atomic E-state index is 0.00244. The first-order chi connectivity index (χ1) is 10.5. The molecule has 2 aliphatic rings. The second kappa shape index (κ2) is 5.57. The number of ether oxygens (including phenoxy) is 1. The molecule has 0 saturated carbocycles. The molecule has 0 aromatic heterocycles. The number of aliphatic hydroxyl groups is 1. The Kier molecular flexibility index (Phi) is 3.74. The van der Waals surface area contributed by atoms with Crippen molar-refractivity contribution in [3.05, 3.63) is 33.9 Å². The quantitative estimate of drug-likeness (QED) is 0.664. The van der Waals surface area contributed by atoms with Crippen LogP contribution in [0.15, 0.2) is 18.2 Å². The van der Waals surface area contributed by atoms with Crippen LogP contribution in [0.5, 0.6) is 5.75 Å². The number of rotatable bonds is 2. The van der Waals surface area contributed by atoms with Crippen molar-refractivity contribution in [1.82, 2.24) is 4.90 Å². The summed E-state index contributed by atoms with van der Waals surface area (Å²) in [6, 6.07) is 3.74. The van der Waals surface area contributed by atoms with Crippen LogP contribution < -0.4 is 4.74 Å². The molecular weight excluding hydrogens is 288 g/mol. The number of benzene rings is 1. The summed E-state index contributed by atoms with van der Waals surface area (Å²) in [5.74, 6) is 0.468. The van der Waals surface area contributed by atoms with Gasteiger partial charge in [0.2, 0.25) is 5.91 Å². The predicted molar refractivity (Wildman–Crippen MR) is 77.5 cm³/mol. The van der Waals surface area contributed by atoms with E-state index < -0.39 is 17.1 Å². The highest BCUT2D eigenvalue weighted by molar-refractivity contribution is 5.79. The molecule has 7 heteroatoms. The molecule has 1 fully saturated rings. The third kappa shape index (κ3) is 2.41. The molecule has 1 saturated heterocycles. The molecule has 2 aliphatic heterocycles. The highest BCUT2D eigenvalue weighted by Gasteiger charge is 2.41. The van der Waals surface area contributed by atoms with E-state index in [-0.39, 0.29) is 17.6 Å². The molecule has 22 heavy (non-hydrogen) atoms. The van der Waals surface area contributed by atoms with Gasteiger partial charge in [0.05, 0.1) is 23.7 Å². The molecule has 1 N–H and O–H groups in total. The fourth-order valence-electron chi connectivity index (χ4n) is 3.28. The summed E-state index contributed by atoms with van der Waals surface area (Å²) in [7, 11) is 0. The molecule has 1 aromatic rings. The minimum atomic E-state index is -0.798. The molecule has 3 atom stereocenters. The first kappa shape index (κ1) is 14.8. The van der Waals surface area contributed by atoms with Gasteiger partial charge in [0.15, 0.2) is 0 Å². The molecule has 0 aliphatic carbocycles. The molecule has 3 unspecified atom stereocenters. The Morgan fingerprint density at radius 2 is 2.18 bits per heavy atom. The van der Waals surface area contributed by atoms with Crippen LogP contribution in [0.25, 0.3) is 0 Å². The van der Waals surface area contributed by atoms with Crippen molar-refractivity contribution < 1.29 is 19.6 Å². The minimum Gasteiger partial charge on any atom is -0.493 e. The fraction of sp³-hybridized carbons (Fsp3) is 0.533. The van der Waals surface area contributed by atoms with E-state index in [9.17, 15) is 20.0 Å². The lowest BCUT2D eigenvalue weighted by atomic mass is 9.96. The van der Waals surface area contributed by atoms with Gasteiger partial charge in [-0.25, -0.2) is 0 Å². The molecule has 1 amide bonds. The molecular formula is C15H18N2O5.